The Hall–Kier alpha value is -2.31. The van der Waals surface area contributed by atoms with E-state index in [9.17, 15) is 4.79 Å². The number of benzene rings is 2. The van der Waals surface area contributed by atoms with Gasteiger partial charge >= 0.3 is 0 Å². The largest absolute Gasteiger partial charge is 0.493 e. The molecule has 2 heterocycles. The average Bonchev–Trinajstić information content (AvgIpc) is 3.19. The lowest BCUT2D eigenvalue weighted by molar-refractivity contribution is -0.132. The molecule has 28 heavy (non-hydrogen) atoms. The smallest absolute Gasteiger partial charge is 0.226 e. The van der Waals surface area contributed by atoms with Gasteiger partial charge in [0.1, 0.15) is 5.75 Å². The Kier molecular flexibility index (Phi) is 5.69. The van der Waals surface area contributed by atoms with Crippen LogP contribution in [0.5, 0.6) is 5.75 Å². The number of halogens is 1. The maximum absolute atomic E-state index is 12.5. The summed E-state index contributed by atoms with van der Waals surface area (Å²) in [6.45, 7) is 5.41. The molecule has 0 radical (unpaired) electrons. The molecule has 0 unspecified atom stereocenters. The maximum atomic E-state index is 12.5. The first-order chi connectivity index (χ1) is 13.6. The number of para-hydroxylation sites is 1. The lowest BCUT2D eigenvalue weighted by Gasteiger charge is -2.34. The molecule has 3 aromatic rings. The zero-order valence-electron chi connectivity index (χ0n) is 15.7. The van der Waals surface area contributed by atoms with Crippen LogP contribution in [0.3, 0.4) is 0 Å². The first kappa shape index (κ1) is 19.0. The fraction of sp³-hybridized carbons (Fsp3) is 0.333. The van der Waals surface area contributed by atoms with E-state index in [1.54, 1.807) is 11.3 Å². The summed E-state index contributed by atoms with van der Waals surface area (Å²) < 4.78 is 6.67. The maximum Gasteiger partial charge on any atom is 0.226 e. The number of anilines is 1. The van der Waals surface area contributed by atoms with Gasteiger partial charge in [0.05, 0.1) is 28.3 Å². The van der Waals surface area contributed by atoms with Crippen LogP contribution >= 0.6 is 22.9 Å². The molecule has 1 amide bonds. The molecule has 4 rings (SSSR count). The van der Waals surface area contributed by atoms with Crippen LogP contribution in [-0.2, 0) is 4.79 Å². The highest BCUT2D eigenvalue weighted by atomic mass is 35.5. The molecular weight excluding hydrogens is 394 g/mol. The fourth-order valence-corrected chi connectivity index (χ4v) is 4.67. The topological polar surface area (TPSA) is 45.7 Å². The molecule has 5 nitrogen and oxygen atoms in total. The van der Waals surface area contributed by atoms with Gasteiger partial charge in [-0.2, -0.15) is 0 Å². The monoisotopic (exact) mass is 415 g/mol. The van der Waals surface area contributed by atoms with E-state index < -0.39 is 0 Å². The average molecular weight is 416 g/mol. The van der Waals surface area contributed by atoms with Gasteiger partial charge in [0.15, 0.2) is 5.13 Å². The van der Waals surface area contributed by atoms with Gasteiger partial charge in [-0.1, -0.05) is 47.2 Å². The van der Waals surface area contributed by atoms with E-state index in [0.29, 0.717) is 26.1 Å². The predicted octanol–water partition coefficient (Wildman–Crippen LogP) is 4.38. The van der Waals surface area contributed by atoms with Gasteiger partial charge in [0, 0.05) is 26.2 Å². The number of aromatic nitrogens is 1. The van der Waals surface area contributed by atoms with Gasteiger partial charge < -0.3 is 14.5 Å². The standard InChI is InChI=1S/C21H22ClN3O2S/c1-15-7-8-17(22)20-19(15)23-21(28-20)25-12-10-24(11-13-25)18(26)9-14-27-16-5-3-2-4-6-16/h2-8H,9-14H2,1H3. The number of amides is 1. The van der Waals surface area contributed by atoms with Crippen LogP contribution in [0.25, 0.3) is 10.2 Å². The Balaban J connectivity index is 1.31. The lowest BCUT2D eigenvalue weighted by Crippen LogP contribution is -2.49. The van der Waals surface area contributed by atoms with E-state index in [1.165, 1.54) is 0 Å². The molecule has 2 aromatic carbocycles. The molecule has 0 N–H and O–H groups in total. The summed E-state index contributed by atoms with van der Waals surface area (Å²) in [6, 6.07) is 13.5. The van der Waals surface area contributed by atoms with Crippen LogP contribution in [0.15, 0.2) is 42.5 Å². The second kappa shape index (κ2) is 8.37. The summed E-state index contributed by atoms with van der Waals surface area (Å²) in [5.41, 5.74) is 2.11. The van der Waals surface area contributed by atoms with Gasteiger partial charge in [-0.05, 0) is 30.7 Å². The number of aryl methyl sites for hydroxylation is 1. The van der Waals surface area contributed by atoms with Crippen LogP contribution in [-0.4, -0.2) is 48.6 Å². The van der Waals surface area contributed by atoms with E-state index in [0.717, 1.165) is 44.8 Å². The SMILES string of the molecule is Cc1ccc(Cl)c2sc(N3CCN(C(=O)CCOc4ccccc4)CC3)nc12. The number of ether oxygens (including phenoxy) is 1. The summed E-state index contributed by atoms with van der Waals surface area (Å²) in [5, 5.41) is 1.72. The summed E-state index contributed by atoms with van der Waals surface area (Å²) in [7, 11) is 0. The molecule has 0 atom stereocenters. The zero-order chi connectivity index (χ0) is 19.5. The lowest BCUT2D eigenvalue weighted by atomic mass is 10.2. The number of piperazine rings is 1. The number of fused-ring (bicyclic) bond motifs is 1. The van der Waals surface area contributed by atoms with Gasteiger partial charge in [0.2, 0.25) is 5.91 Å². The Labute approximate surface area is 173 Å². The van der Waals surface area contributed by atoms with Crippen molar-refractivity contribution in [1.82, 2.24) is 9.88 Å². The molecule has 0 bridgehead atoms. The summed E-state index contributed by atoms with van der Waals surface area (Å²) in [4.78, 5) is 21.4. The second-order valence-electron chi connectivity index (χ2n) is 6.82. The molecule has 1 saturated heterocycles. The van der Waals surface area contributed by atoms with Crippen molar-refractivity contribution in [2.45, 2.75) is 13.3 Å². The second-order valence-corrected chi connectivity index (χ2v) is 8.20. The van der Waals surface area contributed by atoms with Gasteiger partial charge in [-0.3, -0.25) is 4.79 Å². The third kappa shape index (κ3) is 4.08. The minimum Gasteiger partial charge on any atom is -0.493 e. The molecule has 1 fully saturated rings. The van der Waals surface area contributed by atoms with Crippen LogP contribution in [0.2, 0.25) is 5.02 Å². The quantitative estimate of drug-likeness (QED) is 0.620. The van der Waals surface area contributed by atoms with Crippen molar-refractivity contribution >= 4 is 44.2 Å². The number of nitrogens with zero attached hydrogens (tertiary/aromatic N) is 3. The van der Waals surface area contributed by atoms with E-state index >= 15 is 0 Å². The molecule has 1 aliphatic rings. The fourth-order valence-electron chi connectivity index (χ4n) is 3.30. The molecule has 0 saturated carbocycles. The molecule has 7 heteroatoms. The first-order valence-electron chi connectivity index (χ1n) is 9.38. The van der Waals surface area contributed by atoms with E-state index in [4.69, 9.17) is 21.3 Å². The van der Waals surface area contributed by atoms with Gasteiger partial charge in [-0.25, -0.2) is 4.98 Å². The van der Waals surface area contributed by atoms with E-state index in [1.807, 2.05) is 47.4 Å². The van der Waals surface area contributed by atoms with Crippen molar-refractivity contribution in [1.29, 1.82) is 0 Å². The zero-order valence-corrected chi connectivity index (χ0v) is 17.3. The van der Waals surface area contributed by atoms with E-state index in [-0.39, 0.29) is 5.91 Å². The normalized spacial score (nSPS) is 14.5. The highest BCUT2D eigenvalue weighted by Crippen LogP contribution is 2.35. The highest BCUT2D eigenvalue weighted by Gasteiger charge is 2.23. The van der Waals surface area contributed by atoms with Gasteiger partial charge in [-0.15, -0.1) is 0 Å². The number of hydrogen-bond acceptors (Lipinski definition) is 5. The van der Waals surface area contributed by atoms with Gasteiger partial charge in [0.25, 0.3) is 0 Å². The van der Waals surface area contributed by atoms with Crippen molar-refractivity contribution in [3.8, 4) is 5.75 Å². The third-order valence-electron chi connectivity index (χ3n) is 4.92. The van der Waals surface area contributed by atoms with Crippen molar-refractivity contribution in [3.63, 3.8) is 0 Å². The number of hydrogen-bond donors (Lipinski definition) is 0. The van der Waals surface area contributed by atoms with Crippen LogP contribution < -0.4 is 9.64 Å². The summed E-state index contributed by atoms with van der Waals surface area (Å²) >= 11 is 7.95. The number of thiazole rings is 1. The molecule has 1 aliphatic heterocycles. The summed E-state index contributed by atoms with van der Waals surface area (Å²) in [5.74, 6) is 0.934. The van der Waals surface area contributed by atoms with Crippen LogP contribution in [0, 0.1) is 6.92 Å². The molecule has 0 spiro atoms. The Morgan fingerprint density at radius 3 is 2.61 bits per heavy atom. The van der Waals surface area contributed by atoms with Crippen molar-refractivity contribution in [3.05, 3.63) is 53.1 Å². The van der Waals surface area contributed by atoms with Crippen LogP contribution in [0.4, 0.5) is 5.13 Å². The van der Waals surface area contributed by atoms with Crippen molar-refractivity contribution in [2.24, 2.45) is 0 Å². The Morgan fingerprint density at radius 1 is 1.14 bits per heavy atom. The number of carbonyl (C=O) groups excluding carboxylic acids is 1. The van der Waals surface area contributed by atoms with Crippen molar-refractivity contribution < 1.29 is 9.53 Å². The minimum absolute atomic E-state index is 0.138. The molecule has 0 aliphatic carbocycles. The molecule has 146 valence electrons. The number of carbonyl (C=O) groups is 1. The molecular formula is C21H22ClN3O2S. The third-order valence-corrected chi connectivity index (χ3v) is 6.49. The highest BCUT2D eigenvalue weighted by molar-refractivity contribution is 7.22. The first-order valence-corrected chi connectivity index (χ1v) is 10.6. The van der Waals surface area contributed by atoms with E-state index in [2.05, 4.69) is 11.8 Å². The predicted molar refractivity (Wildman–Crippen MR) is 115 cm³/mol. The molecule has 1 aromatic heterocycles. The minimum atomic E-state index is 0.138. The number of rotatable bonds is 5. The summed E-state index contributed by atoms with van der Waals surface area (Å²) in [6.07, 6.45) is 0.394. The van der Waals surface area contributed by atoms with Crippen molar-refractivity contribution in [2.75, 3.05) is 37.7 Å². The Bertz CT molecular complexity index is 929. The Morgan fingerprint density at radius 2 is 1.89 bits per heavy atom. The van der Waals surface area contributed by atoms with Crippen LogP contribution in [0.1, 0.15) is 12.0 Å².